The Morgan fingerprint density at radius 3 is 2.20 bits per heavy atom. The molecule has 1 heterocycles. The van der Waals surface area contributed by atoms with Crippen LogP contribution in [0.2, 0.25) is 0 Å². The molecule has 0 aliphatic rings. The smallest absolute Gasteiger partial charge is 0.407 e. The number of imidazole rings is 1. The van der Waals surface area contributed by atoms with Crippen LogP contribution in [0.25, 0.3) is 0 Å². The number of rotatable bonds is 7. The first-order chi connectivity index (χ1) is 13.9. The van der Waals surface area contributed by atoms with Gasteiger partial charge in [-0.2, -0.15) is 0 Å². The molecule has 1 aromatic heterocycles. The number of hydrogen-bond acceptors (Lipinski definition) is 2. The summed E-state index contributed by atoms with van der Waals surface area (Å²) < 4.78 is 9.76. The summed E-state index contributed by atoms with van der Waals surface area (Å²) in [5.74, 6) is 0. The van der Waals surface area contributed by atoms with Crippen molar-refractivity contribution in [3.8, 4) is 0 Å². The van der Waals surface area contributed by atoms with Gasteiger partial charge in [0.1, 0.15) is 30.6 Å². The summed E-state index contributed by atoms with van der Waals surface area (Å²) in [5, 5.41) is 2.85. The second-order valence-corrected chi connectivity index (χ2v) is 8.19. The van der Waals surface area contributed by atoms with Crippen LogP contribution in [0.4, 0.5) is 4.79 Å². The monoisotopic (exact) mass is 471 g/mol. The van der Waals surface area contributed by atoms with E-state index in [1.807, 2.05) is 32.9 Å². The standard InChI is InChI=1S/C24H29N3O2.BrH/c1-24(2,3)29-23(28)25-15-14-22-18-26(16-20-10-6-4-7-11-20)19-27(22)17-21-12-8-5-9-13-21;/h4-13,18-19H,14-17H2,1-3H3;1H. The van der Waals surface area contributed by atoms with E-state index in [0.717, 1.165) is 19.5 Å². The highest BCUT2D eigenvalue weighted by atomic mass is 79.9. The molecule has 0 fully saturated rings. The molecule has 0 saturated carbocycles. The molecule has 0 unspecified atom stereocenters. The third-order valence-electron chi connectivity index (χ3n) is 4.42. The van der Waals surface area contributed by atoms with Crippen LogP contribution < -0.4 is 26.9 Å². The highest BCUT2D eigenvalue weighted by molar-refractivity contribution is 5.67. The molecule has 0 spiro atoms. The summed E-state index contributed by atoms with van der Waals surface area (Å²) in [6.45, 7) is 7.73. The zero-order valence-electron chi connectivity index (χ0n) is 17.8. The number of carbonyl (C=O) groups excluding carboxylic acids is 1. The number of carbonyl (C=O) groups is 1. The predicted molar refractivity (Wildman–Crippen MR) is 114 cm³/mol. The van der Waals surface area contributed by atoms with Gasteiger partial charge in [-0.3, -0.25) is 0 Å². The van der Waals surface area contributed by atoms with Crippen molar-refractivity contribution in [3.05, 3.63) is 90.0 Å². The molecule has 6 heteroatoms. The van der Waals surface area contributed by atoms with Gasteiger partial charge in [-0.1, -0.05) is 60.7 Å². The van der Waals surface area contributed by atoms with Crippen molar-refractivity contribution in [2.75, 3.05) is 6.54 Å². The van der Waals surface area contributed by atoms with Gasteiger partial charge in [-0.25, -0.2) is 13.9 Å². The Morgan fingerprint density at radius 2 is 1.60 bits per heavy atom. The van der Waals surface area contributed by atoms with Crippen molar-refractivity contribution in [2.24, 2.45) is 0 Å². The maximum Gasteiger partial charge on any atom is 0.407 e. The van der Waals surface area contributed by atoms with Crippen molar-refractivity contribution in [1.29, 1.82) is 0 Å². The molecule has 1 amide bonds. The van der Waals surface area contributed by atoms with E-state index in [-0.39, 0.29) is 23.1 Å². The highest BCUT2D eigenvalue weighted by Gasteiger charge is 2.18. The van der Waals surface area contributed by atoms with E-state index < -0.39 is 5.60 Å². The topological polar surface area (TPSA) is 47.1 Å². The van der Waals surface area contributed by atoms with Crippen LogP contribution in [-0.4, -0.2) is 22.8 Å². The molecular weight excluding hydrogens is 442 g/mol. The van der Waals surface area contributed by atoms with E-state index in [1.54, 1.807) is 0 Å². The lowest BCUT2D eigenvalue weighted by molar-refractivity contribution is -0.688. The maximum atomic E-state index is 11.9. The molecule has 3 aromatic rings. The maximum absolute atomic E-state index is 11.9. The van der Waals surface area contributed by atoms with E-state index in [1.165, 1.54) is 16.8 Å². The van der Waals surface area contributed by atoms with Crippen LogP contribution >= 0.6 is 0 Å². The summed E-state index contributed by atoms with van der Waals surface area (Å²) in [5.41, 5.74) is 3.18. The first-order valence-corrected chi connectivity index (χ1v) is 10.0. The molecule has 0 radical (unpaired) electrons. The fraction of sp³-hybridized carbons (Fsp3) is 0.333. The fourth-order valence-corrected chi connectivity index (χ4v) is 3.17. The minimum Gasteiger partial charge on any atom is -1.00 e. The van der Waals surface area contributed by atoms with E-state index in [4.69, 9.17) is 4.74 Å². The molecule has 1 N–H and O–H groups in total. The number of alkyl carbamates (subject to hydrolysis) is 1. The molecule has 0 aliphatic carbocycles. The summed E-state index contributed by atoms with van der Waals surface area (Å²) in [6.07, 6.45) is 4.65. The molecule has 0 atom stereocenters. The van der Waals surface area contributed by atoms with Gasteiger partial charge in [0.05, 0.1) is 0 Å². The number of hydrogen-bond donors (Lipinski definition) is 1. The first-order valence-electron chi connectivity index (χ1n) is 10.0. The molecule has 30 heavy (non-hydrogen) atoms. The normalized spacial score (nSPS) is 10.9. The lowest BCUT2D eigenvalue weighted by Gasteiger charge is -2.19. The average Bonchev–Trinajstić information content (AvgIpc) is 3.03. The summed E-state index contributed by atoms with van der Waals surface area (Å²) in [7, 11) is 0. The molecule has 0 bridgehead atoms. The van der Waals surface area contributed by atoms with E-state index in [2.05, 4.69) is 75.5 Å². The number of ether oxygens (including phenoxy) is 1. The molecule has 0 saturated heterocycles. The van der Waals surface area contributed by atoms with Crippen LogP contribution in [0.3, 0.4) is 0 Å². The van der Waals surface area contributed by atoms with Gasteiger partial charge in [0, 0.05) is 13.0 Å². The predicted octanol–water partition coefficient (Wildman–Crippen LogP) is 0.943. The van der Waals surface area contributed by atoms with E-state index >= 15 is 0 Å². The Kier molecular flexibility index (Phi) is 8.66. The van der Waals surface area contributed by atoms with Gasteiger partial charge in [-0.15, -0.1) is 0 Å². The van der Waals surface area contributed by atoms with Crippen molar-refractivity contribution in [1.82, 2.24) is 9.88 Å². The van der Waals surface area contributed by atoms with Gasteiger partial charge in [0.25, 0.3) is 0 Å². The molecule has 2 aromatic carbocycles. The molecule has 3 rings (SSSR count). The molecule has 0 aliphatic heterocycles. The lowest BCUT2D eigenvalue weighted by atomic mass is 10.2. The van der Waals surface area contributed by atoms with Gasteiger partial charge >= 0.3 is 6.09 Å². The molecule has 5 nitrogen and oxygen atoms in total. The fourth-order valence-electron chi connectivity index (χ4n) is 3.17. The van der Waals surface area contributed by atoms with Crippen LogP contribution in [-0.2, 0) is 24.2 Å². The molecule has 160 valence electrons. The first kappa shape index (κ1) is 23.7. The number of amides is 1. The number of benzene rings is 2. The van der Waals surface area contributed by atoms with Crippen LogP contribution in [0.5, 0.6) is 0 Å². The van der Waals surface area contributed by atoms with E-state index in [9.17, 15) is 4.79 Å². The van der Waals surface area contributed by atoms with Crippen molar-refractivity contribution in [3.63, 3.8) is 0 Å². The minimum absolute atomic E-state index is 0. The van der Waals surface area contributed by atoms with Gasteiger partial charge < -0.3 is 27.0 Å². The van der Waals surface area contributed by atoms with Crippen LogP contribution in [0.1, 0.15) is 37.6 Å². The summed E-state index contributed by atoms with van der Waals surface area (Å²) in [4.78, 5) is 11.9. The quantitative estimate of drug-likeness (QED) is 0.521. The van der Waals surface area contributed by atoms with Crippen LogP contribution in [0.15, 0.2) is 73.2 Å². The third kappa shape index (κ3) is 7.67. The average molecular weight is 472 g/mol. The van der Waals surface area contributed by atoms with Gasteiger partial charge in [0.2, 0.25) is 6.33 Å². The Labute approximate surface area is 189 Å². The summed E-state index contributed by atoms with van der Waals surface area (Å²) in [6, 6.07) is 20.8. The third-order valence-corrected chi connectivity index (χ3v) is 4.42. The number of nitrogens with one attached hydrogen (secondary N) is 1. The van der Waals surface area contributed by atoms with Crippen molar-refractivity contribution in [2.45, 2.75) is 45.9 Å². The zero-order chi connectivity index (χ0) is 20.7. The van der Waals surface area contributed by atoms with Crippen LogP contribution in [0, 0.1) is 0 Å². The van der Waals surface area contributed by atoms with E-state index in [0.29, 0.717) is 6.54 Å². The molecular formula is C24H30BrN3O2. The summed E-state index contributed by atoms with van der Waals surface area (Å²) >= 11 is 0. The van der Waals surface area contributed by atoms with Crippen molar-refractivity contribution < 1.29 is 31.1 Å². The lowest BCUT2D eigenvalue weighted by Crippen LogP contribution is -3.00. The Hall–Kier alpha value is -2.60. The Balaban J connectivity index is 0.00000320. The van der Waals surface area contributed by atoms with Gasteiger partial charge in [0.15, 0.2) is 0 Å². The largest absolute Gasteiger partial charge is 1.00 e. The number of halogens is 1. The Morgan fingerprint density at radius 1 is 1.00 bits per heavy atom. The SMILES string of the molecule is CC(C)(C)OC(=O)NCCc1c[n+](Cc2ccccc2)cn1Cc1ccccc1.[Br-]. The second-order valence-electron chi connectivity index (χ2n) is 8.19. The number of nitrogens with zero attached hydrogens (tertiary/aromatic N) is 2. The highest BCUT2D eigenvalue weighted by Crippen LogP contribution is 2.09. The van der Waals surface area contributed by atoms with Crippen molar-refractivity contribution >= 4 is 6.09 Å². The second kappa shape index (κ2) is 11.0. The minimum atomic E-state index is -0.490. The number of aromatic nitrogens is 2. The Bertz CT molecular complexity index is 919. The van der Waals surface area contributed by atoms with Gasteiger partial charge in [-0.05, 0) is 31.9 Å². The zero-order valence-corrected chi connectivity index (χ0v) is 19.4.